The monoisotopic (exact) mass is 300 g/mol. The smallest absolute Gasteiger partial charge is 0.317 e. The molecule has 2 fully saturated rings. The number of carbonyl (C=O) groups is 2. The summed E-state index contributed by atoms with van der Waals surface area (Å²) in [6, 6.07) is 0.0482. The Hall–Kier alpha value is -0.910. The molecule has 1 aliphatic carbocycles. The Bertz CT molecular complexity index is 364. The second kappa shape index (κ2) is 7.20. The number of rotatable bonds is 5. The Balaban J connectivity index is 1.88. The van der Waals surface area contributed by atoms with E-state index in [-0.39, 0.29) is 24.5 Å². The van der Waals surface area contributed by atoms with Gasteiger partial charge in [0.05, 0.1) is 6.42 Å². The van der Waals surface area contributed by atoms with Crippen LogP contribution >= 0.6 is 11.8 Å². The zero-order valence-electron chi connectivity index (χ0n) is 12.0. The Labute approximate surface area is 124 Å². The standard InChI is InChI=1S/C14H24N2O3S/c1-2-20-12-7-3-6-11(12)15-14(19)16-8-4-5-10(16)9-13(17)18/h10-12H,2-9H2,1H3,(H,15,19)(H,17,18). The molecule has 0 radical (unpaired) electrons. The molecule has 2 rings (SSSR count). The minimum absolute atomic E-state index is 0.0607. The van der Waals surface area contributed by atoms with Crippen molar-refractivity contribution in [2.24, 2.45) is 0 Å². The van der Waals surface area contributed by atoms with Crippen molar-refractivity contribution in [2.75, 3.05) is 12.3 Å². The molecule has 0 aromatic rings. The van der Waals surface area contributed by atoms with Crippen molar-refractivity contribution < 1.29 is 14.7 Å². The first-order chi connectivity index (χ1) is 9.61. The molecule has 0 aromatic heterocycles. The molecule has 2 aliphatic rings. The average molecular weight is 300 g/mol. The van der Waals surface area contributed by atoms with Crippen molar-refractivity contribution in [3.8, 4) is 0 Å². The number of urea groups is 1. The number of likely N-dealkylation sites (tertiary alicyclic amines) is 1. The highest BCUT2D eigenvalue weighted by Gasteiger charge is 2.34. The van der Waals surface area contributed by atoms with Crippen LogP contribution in [0.5, 0.6) is 0 Å². The fourth-order valence-electron chi connectivity index (χ4n) is 3.26. The zero-order valence-corrected chi connectivity index (χ0v) is 12.8. The lowest BCUT2D eigenvalue weighted by molar-refractivity contribution is -0.137. The van der Waals surface area contributed by atoms with Crippen LogP contribution in [0.1, 0.15) is 45.4 Å². The molecule has 1 heterocycles. The minimum Gasteiger partial charge on any atom is -0.481 e. The van der Waals surface area contributed by atoms with Crippen LogP contribution in [0.4, 0.5) is 4.79 Å². The Morgan fingerprint density at radius 3 is 2.80 bits per heavy atom. The van der Waals surface area contributed by atoms with Gasteiger partial charge in [0, 0.05) is 23.9 Å². The van der Waals surface area contributed by atoms with E-state index in [0.717, 1.165) is 25.0 Å². The van der Waals surface area contributed by atoms with E-state index in [0.29, 0.717) is 11.8 Å². The van der Waals surface area contributed by atoms with E-state index in [9.17, 15) is 9.59 Å². The first-order valence-electron chi connectivity index (χ1n) is 7.52. The molecule has 5 nitrogen and oxygen atoms in total. The molecule has 0 spiro atoms. The molecule has 20 heavy (non-hydrogen) atoms. The molecule has 114 valence electrons. The maximum absolute atomic E-state index is 12.4. The van der Waals surface area contributed by atoms with Gasteiger partial charge in [0.1, 0.15) is 0 Å². The van der Waals surface area contributed by atoms with E-state index in [1.165, 1.54) is 12.8 Å². The summed E-state index contributed by atoms with van der Waals surface area (Å²) in [6.45, 7) is 2.83. The Morgan fingerprint density at radius 2 is 2.10 bits per heavy atom. The zero-order chi connectivity index (χ0) is 14.5. The van der Waals surface area contributed by atoms with Crippen LogP contribution in [-0.2, 0) is 4.79 Å². The number of thioether (sulfide) groups is 1. The molecule has 6 heteroatoms. The van der Waals surface area contributed by atoms with Crippen molar-refractivity contribution >= 4 is 23.8 Å². The van der Waals surface area contributed by atoms with E-state index in [4.69, 9.17) is 5.11 Å². The second-order valence-electron chi connectivity index (χ2n) is 5.57. The molecule has 2 N–H and O–H groups in total. The first kappa shape index (κ1) is 15.5. The lowest BCUT2D eigenvalue weighted by Gasteiger charge is -2.27. The van der Waals surface area contributed by atoms with Gasteiger partial charge in [0.15, 0.2) is 0 Å². The van der Waals surface area contributed by atoms with Crippen molar-refractivity contribution in [2.45, 2.75) is 62.8 Å². The fourth-order valence-corrected chi connectivity index (χ4v) is 4.46. The molecule has 3 unspecified atom stereocenters. The molecular weight excluding hydrogens is 276 g/mol. The summed E-state index contributed by atoms with van der Waals surface area (Å²) < 4.78 is 0. The summed E-state index contributed by atoms with van der Waals surface area (Å²) in [5, 5.41) is 12.6. The molecule has 2 amide bonds. The maximum Gasteiger partial charge on any atom is 0.317 e. The topological polar surface area (TPSA) is 69.6 Å². The van der Waals surface area contributed by atoms with Crippen LogP contribution in [0.15, 0.2) is 0 Å². The van der Waals surface area contributed by atoms with Crippen molar-refractivity contribution in [1.29, 1.82) is 0 Å². The molecule has 1 saturated heterocycles. The van der Waals surface area contributed by atoms with Gasteiger partial charge in [-0.3, -0.25) is 4.79 Å². The number of hydrogen-bond acceptors (Lipinski definition) is 3. The number of nitrogens with zero attached hydrogens (tertiary/aromatic N) is 1. The predicted octanol–water partition coefficient (Wildman–Crippen LogP) is 2.31. The van der Waals surface area contributed by atoms with E-state index in [2.05, 4.69) is 12.2 Å². The predicted molar refractivity (Wildman–Crippen MR) is 80.1 cm³/mol. The summed E-state index contributed by atoms with van der Waals surface area (Å²) >= 11 is 1.92. The van der Waals surface area contributed by atoms with Gasteiger partial charge in [-0.25, -0.2) is 4.79 Å². The van der Waals surface area contributed by atoms with E-state index < -0.39 is 5.97 Å². The quantitative estimate of drug-likeness (QED) is 0.817. The SMILES string of the molecule is CCSC1CCCC1NC(=O)N1CCCC1CC(=O)O. The summed E-state index contributed by atoms with van der Waals surface area (Å²) in [5.74, 6) is 0.248. The van der Waals surface area contributed by atoms with Crippen LogP contribution in [0.3, 0.4) is 0 Å². The van der Waals surface area contributed by atoms with Crippen LogP contribution < -0.4 is 5.32 Å². The van der Waals surface area contributed by atoms with Gasteiger partial charge < -0.3 is 15.3 Å². The summed E-state index contributed by atoms with van der Waals surface area (Å²) in [6.07, 6.45) is 5.15. The minimum atomic E-state index is -0.824. The van der Waals surface area contributed by atoms with Crippen molar-refractivity contribution in [3.05, 3.63) is 0 Å². The highest BCUT2D eigenvalue weighted by atomic mass is 32.2. The number of amides is 2. The fraction of sp³-hybridized carbons (Fsp3) is 0.857. The molecule has 3 atom stereocenters. The summed E-state index contributed by atoms with van der Waals surface area (Å²) in [4.78, 5) is 24.9. The molecular formula is C14H24N2O3S. The van der Waals surface area contributed by atoms with Gasteiger partial charge in [0.25, 0.3) is 0 Å². The third kappa shape index (κ3) is 3.81. The van der Waals surface area contributed by atoms with Crippen LogP contribution in [0.2, 0.25) is 0 Å². The van der Waals surface area contributed by atoms with Crippen LogP contribution in [-0.4, -0.2) is 51.6 Å². The average Bonchev–Trinajstić information content (AvgIpc) is 2.99. The van der Waals surface area contributed by atoms with Crippen LogP contribution in [0.25, 0.3) is 0 Å². The van der Waals surface area contributed by atoms with Gasteiger partial charge >= 0.3 is 12.0 Å². The largest absolute Gasteiger partial charge is 0.481 e. The number of carboxylic acid groups (broad SMARTS) is 1. The Kier molecular flexibility index (Phi) is 5.57. The van der Waals surface area contributed by atoms with Gasteiger partial charge in [-0.1, -0.05) is 13.3 Å². The lowest BCUT2D eigenvalue weighted by Crippen LogP contribution is -2.48. The van der Waals surface area contributed by atoms with Crippen molar-refractivity contribution in [1.82, 2.24) is 10.2 Å². The number of hydrogen-bond donors (Lipinski definition) is 2. The third-order valence-electron chi connectivity index (χ3n) is 4.19. The van der Waals surface area contributed by atoms with E-state index >= 15 is 0 Å². The summed E-state index contributed by atoms with van der Waals surface area (Å²) in [5.41, 5.74) is 0. The van der Waals surface area contributed by atoms with Crippen molar-refractivity contribution in [3.63, 3.8) is 0 Å². The first-order valence-corrected chi connectivity index (χ1v) is 8.57. The van der Waals surface area contributed by atoms with Gasteiger partial charge in [-0.2, -0.15) is 11.8 Å². The Morgan fingerprint density at radius 1 is 1.30 bits per heavy atom. The second-order valence-corrected chi connectivity index (χ2v) is 7.08. The molecule has 1 aliphatic heterocycles. The van der Waals surface area contributed by atoms with Gasteiger partial charge in [-0.05, 0) is 31.4 Å². The van der Waals surface area contributed by atoms with Gasteiger partial charge in [-0.15, -0.1) is 0 Å². The highest BCUT2D eigenvalue weighted by Crippen LogP contribution is 2.30. The van der Waals surface area contributed by atoms with Gasteiger partial charge in [0.2, 0.25) is 0 Å². The number of carbonyl (C=O) groups excluding carboxylic acids is 1. The van der Waals surface area contributed by atoms with E-state index in [1.54, 1.807) is 4.90 Å². The number of nitrogens with one attached hydrogen (secondary N) is 1. The highest BCUT2D eigenvalue weighted by molar-refractivity contribution is 7.99. The van der Waals surface area contributed by atoms with Crippen LogP contribution in [0, 0.1) is 0 Å². The molecule has 0 bridgehead atoms. The third-order valence-corrected chi connectivity index (χ3v) is 5.52. The number of aliphatic carboxylic acids is 1. The lowest BCUT2D eigenvalue weighted by atomic mass is 10.1. The summed E-state index contributed by atoms with van der Waals surface area (Å²) in [7, 11) is 0. The normalized spacial score (nSPS) is 29.6. The molecule has 1 saturated carbocycles. The molecule has 0 aromatic carbocycles. The number of carboxylic acids is 1. The maximum atomic E-state index is 12.4. The van der Waals surface area contributed by atoms with E-state index in [1.807, 2.05) is 11.8 Å².